The Kier molecular flexibility index (Phi) is 7.59. The molecule has 10 heteroatoms. The van der Waals surface area contributed by atoms with E-state index in [-0.39, 0.29) is 5.91 Å². The number of aliphatic carboxylic acids is 1. The summed E-state index contributed by atoms with van der Waals surface area (Å²) in [5.74, 6) is 0.0389. The van der Waals surface area contributed by atoms with Gasteiger partial charge in [-0.05, 0) is 66.7 Å². The molecule has 1 aliphatic rings. The second-order valence-electron chi connectivity index (χ2n) is 6.12. The number of carboxylic acids is 1. The average molecular weight is 507 g/mol. The summed E-state index contributed by atoms with van der Waals surface area (Å²) in [6.45, 7) is 1.69. The lowest BCUT2D eigenvalue weighted by Crippen LogP contribution is -2.19. The Hall–Kier alpha value is -2.98. The van der Waals surface area contributed by atoms with E-state index in [4.69, 9.17) is 19.3 Å². The van der Waals surface area contributed by atoms with Crippen molar-refractivity contribution in [1.29, 1.82) is 0 Å². The molecule has 162 valence electrons. The number of nitrogens with zero attached hydrogens (tertiary/aromatic N) is 1. The summed E-state index contributed by atoms with van der Waals surface area (Å²) >= 11 is 4.65. The lowest BCUT2D eigenvalue weighted by molar-refractivity contribution is -0.139. The number of nitrogens with one attached hydrogen (secondary N) is 1. The number of hydrogen-bond acceptors (Lipinski definition) is 7. The molecule has 0 saturated carbocycles. The van der Waals surface area contributed by atoms with E-state index in [1.165, 1.54) is 11.8 Å². The van der Waals surface area contributed by atoms with E-state index in [1.54, 1.807) is 49.6 Å². The second kappa shape index (κ2) is 10.4. The van der Waals surface area contributed by atoms with Gasteiger partial charge in [0.1, 0.15) is 5.75 Å². The minimum absolute atomic E-state index is 0.270. The molecular formula is C21H19BrN2O6S. The van der Waals surface area contributed by atoms with Gasteiger partial charge in [-0.2, -0.15) is 0 Å². The summed E-state index contributed by atoms with van der Waals surface area (Å²) in [5, 5.41) is 12.0. The van der Waals surface area contributed by atoms with Crippen molar-refractivity contribution >= 4 is 56.5 Å². The Labute approximate surface area is 191 Å². The van der Waals surface area contributed by atoms with Gasteiger partial charge < -0.3 is 24.6 Å². The van der Waals surface area contributed by atoms with Crippen LogP contribution in [0.1, 0.15) is 12.5 Å². The van der Waals surface area contributed by atoms with Crippen LogP contribution in [0.3, 0.4) is 0 Å². The fraction of sp³-hybridized carbons (Fsp3) is 0.190. The van der Waals surface area contributed by atoms with Crippen LogP contribution in [0.4, 0.5) is 5.69 Å². The van der Waals surface area contributed by atoms with Crippen molar-refractivity contribution in [2.24, 2.45) is 4.99 Å². The first-order chi connectivity index (χ1) is 14.9. The van der Waals surface area contributed by atoms with E-state index in [0.717, 1.165) is 5.75 Å². The van der Waals surface area contributed by atoms with E-state index in [1.807, 2.05) is 6.92 Å². The van der Waals surface area contributed by atoms with Crippen LogP contribution in [0.2, 0.25) is 0 Å². The number of carboxylic acid groups (broad SMARTS) is 1. The number of methoxy groups -OCH3 is 1. The largest absolute Gasteiger partial charge is 0.497 e. The Morgan fingerprint density at radius 2 is 1.94 bits per heavy atom. The molecule has 0 radical (unpaired) electrons. The van der Waals surface area contributed by atoms with Gasteiger partial charge in [-0.1, -0.05) is 15.9 Å². The molecule has 8 nitrogen and oxygen atoms in total. The molecule has 0 aliphatic carbocycles. The second-order valence-corrected chi connectivity index (χ2v) is 8.00. The zero-order valence-corrected chi connectivity index (χ0v) is 19.1. The summed E-state index contributed by atoms with van der Waals surface area (Å²) in [6.07, 6.45) is 1.70. The summed E-state index contributed by atoms with van der Waals surface area (Å²) < 4.78 is 16.6. The van der Waals surface area contributed by atoms with Crippen LogP contribution in [-0.4, -0.2) is 42.5 Å². The number of ether oxygens (including phenoxy) is 3. The number of carbonyl (C=O) groups is 2. The van der Waals surface area contributed by atoms with E-state index in [0.29, 0.717) is 43.9 Å². The van der Waals surface area contributed by atoms with Gasteiger partial charge in [0.05, 0.1) is 24.3 Å². The third kappa shape index (κ3) is 6.02. The molecule has 1 heterocycles. The molecule has 0 unspecified atom stereocenters. The van der Waals surface area contributed by atoms with Gasteiger partial charge in [0.15, 0.2) is 23.3 Å². The maximum absolute atomic E-state index is 12.4. The van der Waals surface area contributed by atoms with Crippen LogP contribution in [0.25, 0.3) is 6.08 Å². The van der Waals surface area contributed by atoms with Crippen molar-refractivity contribution in [3.05, 3.63) is 51.3 Å². The van der Waals surface area contributed by atoms with Gasteiger partial charge in [-0.3, -0.25) is 4.79 Å². The zero-order chi connectivity index (χ0) is 22.4. The van der Waals surface area contributed by atoms with Gasteiger partial charge in [-0.15, -0.1) is 0 Å². The van der Waals surface area contributed by atoms with E-state index >= 15 is 0 Å². The normalized spacial score (nSPS) is 15.8. The number of hydrogen-bond donors (Lipinski definition) is 2. The topological polar surface area (TPSA) is 106 Å². The molecule has 2 aromatic rings. The number of aliphatic imine (C=N–C) groups is 1. The highest BCUT2D eigenvalue weighted by molar-refractivity contribution is 9.10. The molecule has 31 heavy (non-hydrogen) atoms. The van der Waals surface area contributed by atoms with Crippen molar-refractivity contribution < 1.29 is 28.9 Å². The molecule has 3 rings (SSSR count). The lowest BCUT2D eigenvalue weighted by Gasteiger charge is -2.13. The standard InChI is InChI=1S/C21H19BrN2O6S/c1-3-29-16-8-12(15(22)10-17(16)30-11-19(25)26)9-18-20(27)24-21(31-18)23-13-4-6-14(28-2)7-5-13/h4-10H,3,11H2,1-2H3,(H,25,26)(H,23,24,27)/b18-9+. The van der Waals surface area contributed by atoms with Crippen LogP contribution in [0.15, 0.2) is 50.8 Å². The number of thioether (sulfide) groups is 1. The van der Waals surface area contributed by atoms with Crippen LogP contribution in [0, 0.1) is 0 Å². The predicted octanol–water partition coefficient (Wildman–Crippen LogP) is 4.21. The minimum Gasteiger partial charge on any atom is -0.497 e. The number of rotatable bonds is 8. The monoisotopic (exact) mass is 506 g/mol. The van der Waals surface area contributed by atoms with Crippen molar-refractivity contribution in [2.45, 2.75) is 6.92 Å². The van der Waals surface area contributed by atoms with Crippen molar-refractivity contribution in [3.8, 4) is 17.2 Å². The Morgan fingerprint density at radius 3 is 2.58 bits per heavy atom. The number of benzene rings is 2. The van der Waals surface area contributed by atoms with E-state index < -0.39 is 12.6 Å². The molecule has 1 aliphatic heterocycles. The minimum atomic E-state index is -1.09. The first-order valence-electron chi connectivity index (χ1n) is 9.14. The summed E-state index contributed by atoms with van der Waals surface area (Å²) in [5.41, 5.74) is 1.36. The molecule has 1 saturated heterocycles. The lowest BCUT2D eigenvalue weighted by atomic mass is 10.2. The summed E-state index contributed by atoms with van der Waals surface area (Å²) in [4.78, 5) is 28.1. The highest BCUT2D eigenvalue weighted by atomic mass is 79.9. The number of halogens is 1. The number of amides is 1. The molecule has 0 bridgehead atoms. The number of carbonyl (C=O) groups excluding carboxylic acids is 1. The SMILES string of the molecule is CCOc1cc(/C=C2/SC(=Nc3ccc(OC)cc3)NC2=O)c(Br)cc1OCC(=O)O. The number of amidine groups is 1. The molecule has 2 N–H and O–H groups in total. The van der Waals surface area contributed by atoms with Crippen molar-refractivity contribution in [2.75, 3.05) is 20.3 Å². The maximum atomic E-state index is 12.4. The van der Waals surface area contributed by atoms with Gasteiger partial charge in [0.2, 0.25) is 0 Å². The smallest absolute Gasteiger partial charge is 0.341 e. The predicted molar refractivity (Wildman–Crippen MR) is 122 cm³/mol. The molecular weight excluding hydrogens is 488 g/mol. The van der Waals surface area contributed by atoms with Crippen LogP contribution in [0.5, 0.6) is 17.2 Å². The van der Waals surface area contributed by atoms with Crippen molar-refractivity contribution in [3.63, 3.8) is 0 Å². The van der Waals surface area contributed by atoms with E-state index in [2.05, 4.69) is 26.2 Å². The molecule has 0 aromatic heterocycles. The van der Waals surface area contributed by atoms with E-state index in [9.17, 15) is 9.59 Å². The molecule has 1 fully saturated rings. The third-order valence-electron chi connectivity index (χ3n) is 3.95. The molecule has 0 spiro atoms. The zero-order valence-electron chi connectivity index (χ0n) is 16.7. The van der Waals surface area contributed by atoms with Crippen LogP contribution < -0.4 is 19.5 Å². The Balaban J connectivity index is 1.84. The molecule has 2 aromatic carbocycles. The van der Waals surface area contributed by atoms with Gasteiger partial charge >= 0.3 is 5.97 Å². The van der Waals surface area contributed by atoms with Crippen LogP contribution >= 0.6 is 27.7 Å². The fourth-order valence-electron chi connectivity index (χ4n) is 2.58. The summed E-state index contributed by atoms with van der Waals surface area (Å²) in [6, 6.07) is 10.5. The summed E-state index contributed by atoms with van der Waals surface area (Å²) in [7, 11) is 1.59. The first-order valence-corrected chi connectivity index (χ1v) is 10.7. The Morgan fingerprint density at radius 1 is 1.23 bits per heavy atom. The average Bonchev–Trinajstić information content (AvgIpc) is 3.08. The molecule has 1 amide bonds. The maximum Gasteiger partial charge on any atom is 0.341 e. The highest BCUT2D eigenvalue weighted by Gasteiger charge is 2.24. The fourth-order valence-corrected chi connectivity index (χ4v) is 3.85. The Bertz CT molecular complexity index is 1050. The van der Waals surface area contributed by atoms with Gasteiger partial charge in [-0.25, -0.2) is 9.79 Å². The first kappa shape index (κ1) is 22.7. The third-order valence-corrected chi connectivity index (χ3v) is 5.55. The molecule has 0 atom stereocenters. The van der Waals surface area contributed by atoms with Gasteiger partial charge in [0.25, 0.3) is 5.91 Å². The van der Waals surface area contributed by atoms with Gasteiger partial charge in [0, 0.05) is 4.47 Å². The van der Waals surface area contributed by atoms with Crippen LogP contribution in [-0.2, 0) is 9.59 Å². The highest BCUT2D eigenvalue weighted by Crippen LogP contribution is 2.37. The van der Waals surface area contributed by atoms with Crippen molar-refractivity contribution in [1.82, 2.24) is 5.32 Å². The quantitative estimate of drug-likeness (QED) is 0.516.